The molecule has 2 aromatic rings. The summed E-state index contributed by atoms with van der Waals surface area (Å²) in [6.45, 7) is 1.09. The van der Waals surface area contributed by atoms with Gasteiger partial charge in [-0.05, 0) is 35.7 Å². The molecule has 2 aliphatic heterocycles. The first-order chi connectivity index (χ1) is 12.6. The lowest BCUT2D eigenvalue weighted by Crippen LogP contribution is -2.52. The van der Waals surface area contributed by atoms with E-state index in [0.29, 0.717) is 25.1 Å². The third kappa shape index (κ3) is 3.06. The number of fused-ring (bicyclic) bond motifs is 1. The molecule has 4 rings (SSSR count). The van der Waals surface area contributed by atoms with Gasteiger partial charge >= 0.3 is 0 Å². The summed E-state index contributed by atoms with van der Waals surface area (Å²) in [5.74, 6) is -0.809. The Morgan fingerprint density at radius 3 is 2.65 bits per heavy atom. The summed E-state index contributed by atoms with van der Waals surface area (Å²) >= 11 is 0. The smallest absolute Gasteiger partial charge is 0.255 e. The maximum atomic E-state index is 12.7. The number of anilines is 1. The molecule has 1 saturated heterocycles. The second-order valence-corrected chi connectivity index (χ2v) is 6.61. The van der Waals surface area contributed by atoms with E-state index < -0.39 is 6.04 Å². The normalized spacial score (nSPS) is 19.3. The minimum Gasteiger partial charge on any atom is -0.381 e. The summed E-state index contributed by atoms with van der Waals surface area (Å²) in [5, 5.41) is 5.68. The van der Waals surface area contributed by atoms with Crippen LogP contribution in [0.3, 0.4) is 0 Å². The van der Waals surface area contributed by atoms with Gasteiger partial charge in [-0.25, -0.2) is 0 Å². The largest absolute Gasteiger partial charge is 0.381 e. The Hall–Kier alpha value is -3.15. The first-order valence-corrected chi connectivity index (χ1v) is 8.67. The van der Waals surface area contributed by atoms with E-state index in [4.69, 9.17) is 0 Å². The monoisotopic (exact) mass is 349 g/mol. The van der Waals surface area contributed by atoms with Crippen molar-refractivity contribution in [2.75, 3.05) is 5.32 Å². The fraction of sp³-hybridized carbons (Fsp3) is 0.250. The lowest BCUT2D eigenvalue weighted by atomic mass is 10.0. The lowest BCUT2D eigenvalue weighted by molar-refractivity contribution is -0.136. The first kappa shape index (κ1) is 16.3. The van der Waals surface area contributed by atoms with Crippen LogP contribution in [-0.2, 0) is 22.7 Å². The predicted octanol–water partition coefficient (Wildman–Crippen LogP) is 2.06. The number of rotatable bonds is 4. The standard InChI is InChI=1S/C20H19N3O3/c24-18-9-8-17(19(25)22-18)23-12-14-10-15(6-7-16(14)20(23)26)21-11-13-4-2-1-3-5-13/h1-7,10,17,21H,8-9,11-12H2,(H,22,24,25). The average Bonchev–Trinajstić information content (AvgIpc) is 2.97. The van der Waals surface area contributed by atoms with Crippen LogP contribution < -0.4 is 10.6 Å². The SMILES string of the molecule is O=C1CCC(N2Cc3cc(NCc4ccccc4)ccc3C2=O)C(=O)N1. The fourth-order valence-electron chi connectivity index (χ4n) is 3.48. The maximum Gasteiger partial charge on any atom is 0.255 e. The highest BCUT2D eigenvalue weighted by molar-refractivity contribution is 6.05. The zero-order valence-electron chi connectivity index (χ0n) is 14.2. The molecular weight excluding hydrogens is 330 g/mol. The van der Waals surface area contributed by atoms with E-state index in [1.807, 2.05) is 30.3 Å². The number of hydrogen-bond acceptors (Lipinski definition) is 4. The van der Waals surface area contributed by atoms with Crippen molar-refractivity contribution in [1.82, 2.24) is 10.2 Å². The average molecular weight is 349 g/mol. The van der Waals surface area contributed by atoms with E-state index in [-0.39, 0.29) is 24.1 Å². The number of benzene rings is 2. The summed E-state index contributed by atoms with van der Waals surface area (Å²) in [6, 6.07) is 15.1. The Morgan fingerprint density at radius 1 is 1.08 bits per heavy atom. The van der Waals surface area contributed by atoms with Crippen molar-refractivity contribution in [2.24, 2.45) is 0 Å². The Labute approximate surface area is 151 Å². The molecule has 2 aromatic carbocycles. The number of hydrogen-bond donors (Lipinski definition) is 2. The topological polar surface area (TPSA) is 78.5 Å². The minimum atomic E-state index is -0.576. The molecule has 0 spiro atoms. The molecule has 2 heterocycles. The molecule has 26 heavy (non-hydrogen) atoms. The molecule has 6 nitrogen and oxygen atoms in total. The van der Waals surface area contributed by atoms with Gasteiger partial charge in [0, 0.05) is 30.8 Å². The molecule has 132 valence electrons. The maximum absolute atomic E-state index is 12.7. The van der Waals surface area contributed by atoms with E-state index in [1.165, 1.54) is 5.56 Å². The van der Waals surface area contributed by atoms with Gasteiger partial charge in [0.05, 0.1) is 0 Å². The second kappa shape index (κ2) is 6.63. The van der Waals surface area contributed by atoms with Gasteiger partial charge in [-0.15, -0.1) is 0 Å². The molecule has 6 heteroatoms. The fourth-order valence-corrected chi connectivity index (χ4v) is 3.48. The molecule has 1 unspecified atom stereocenters. The highest BCUT2D eigenvalue weighted by Gasteiger charge is 2.38. The molecule has 2 N–H and O–H groups in total. The van der Waals surface area contributed by atoms with E-state index >= 15 is 0 Å². The van der Waals surface area contributed by atoms with Crippen LogP contribution in [-0.4, -0.2) is 28.7 Å². The number of nitrogens with one attached hydrogen (secondary N) is 2. The van der Waals surface area contributed by atoms with E-state index in [1.54, 1.807) is 11.0 Å². The van der Waals surface area contributed by atoms with Gasteiger partial charge in [0.1, 0.15) is 6.04 Å². The van der Waals surface area contributed by atoms with Gasteiger partial charge in [0.2, 0.25) is 11.8 Å². The van der Waals surface area contributed by atoms with Crippen LogP contribution in [0.4, 0.5) is 5.69 Å². The highest BCUT2D eigenvalue weighted by Crippen LogP contribution is 2.29. The third-order valence-electron chi connectivity index (χ3n) is 4.86. The van der Waals surface area contributed by atoms with Crippen molar-refractivity contribution in [3.8, 4) is 0 Å². The predicted molar refractivity (Wildman–Crippen MR) is 96.3 cm³/mol. The van der Waals surface area contributed by atoms with Gasteiger partial charge in [0.15, 0.2) is 0 Å². The Kier molecular flexibility index (Phi) is 4.16. The van der Waals surface area contributed by atoms with E-state index in [2.05, 4.69) is 22.8 Å². The number of carbonyl (C=O) groups excluding carboxylic acids is 3. The van der Waals surface area contributed by atoms with Gasteiger partial charge < -0.3 is 10.2 Å². The summed E-state index contributed by atoms with van der Waals surface area (Å²) < 4.78 is 0. The van der Waals surface area contributed by atoms with Crippen molar-refractivity contribution < 1.29 is 14.4 Å². The number of carbonyl (C=O) groups is 3. The van der Waals surface area contributed by atoms with Crippen LogP contribution in [0.15, 0.2) is 48.5 Å². The van der Waals surface area contributed by atoms with Crippen molar-refractivity contribution in [3.05, 3.63) is 65.2 Å². The van der Waals surface area contributed by atoms with Crippen LogP contribution in [0.5, 0.6) is 0 Å². The van der Waals surface area contributed by atoms with Gasteiger partial charge in [-0.1, -0.05) is 30.3 Å². The summed E-state index contributed by atoms with van der Waals surface area (Å²) in [7, 11) is 0. The quantitative estimate of drug-likeness (QED) is 0.828. The zero-order chi connectivity index (χ0) is 18.1. The van der Waals surface area contributed by atoms with Crippen molar-refractivity contribution in [3.63, 3.8) is 0 Å². The Balaban J connectivity index is 1.48. The van der Waals surface area contributed by atoms with Crippen LogP contribution in [0.25, 0.3) is 0 Å². The zero-order valence-corrected chi connectivity index (χ0v) is 14.2. The molecule has 0 saturated carbocycles. The number of amides is 3. The molecule has 2 aliphatic rings. The van der Waals surface area contributed by atoms with E-state index in [9.17, 15) is 14.4 Å². The number of nitrogens with zero attached hydrogens (tertiary/aromatic N) is 1. The Morgan fingerprint density at radius 2 is 1.88 bits per heavy atom. The lowest BCUT2D eigenvalue weighted by Gasteiger charge is -2.29. The van der Waals surface area contributed by atoms with Gasteiger partial charge in [0.25, 0.3) is 5.91 Å². The van der Waals surface area contributed by atoms with Crippen LogP contribution in [0.2, 0.25) is 0 Å². The first-order valence-electron chi connectivity index (χ1n) is 8.67. The minimum absolute atomic E-state index is 0.149. The van der Waals surface area contributed by atoms with Gasteiger partial charge in [-0.2, -0.15) is 0 Å². The van der Waals surface area contributed by atoms with Crippen molar-refractivity contribution in [1.29, 1.82) is 0 Å². The molecule has 0 aliphatic carbocycles. The van der Waals surface area contributed by atoms with Crippen LogP contribution in [0.1, 0.15) is 34.3 Å². The molecule has 3 amide bonds. The third-order valence-corrected chi connectivity index (χ3v) is 4.86. The molecule has 0 aromatic heterocycles. The van der Waals surface area contributed by atoms with Crippen LogP contribution >= 0.6 is 0 Å². The number of imide groups is 1. The molecule has 1 fully saturated rings. The van der Waals surface area contributed by atoms with Gasteiger partial charge in [-0.3, -0.25) is 19.7 Å². The summed E-state index contributed by atoms with van der Waals surface area (Å²) in [6.07, 6.45) is 0.643. The molecule has 1 atom stereocenters. The van der Waals surface area contributed by atoms with E-state index in [0.717, 1.165) is 11.3 Å². The van der Waals surface area contributed by atoms with Crippen LogP contribution in [0, 0.1) is 0 Å². The highest BCUT2D eigenvalue weighted by atomic mass is 16.2. The molecular formula is C20H19N3O3. The second-order valence-electron chi connectivity index (χ2n) is 6.61. The molecule has 0 bridgehead atoms. The number of piperidine rings is 1. The van der Waals surface area contributed by atoms with Crippen molar-refractivity contribution >= 4 is 23.4 Å². The summed E-state index contributed by atoms with van der Waals surface area (Å²) in [5.41, 5.74) is 3.64. The summed E-state index contributed by atoms with van der Waals surface area (Å²) in [4.78, 5) is 37.6. The molecule has 0 radical (unpaired) electrons. The Bertz CT molecular complexity index is 879. The van der Waals surface area contributed by atoms with Crippen molar-refractivity contribution in [2.45, 2.75) is 32.0 Å².